The summed E-state index contributed by atoms with van der Waals surface area (Å²) in [7, 11) is 0. The van der Waals surface area contributed by atoms with E-state index in [1.807, 2.05) is 13.8 Å². The Morgan fingerprint density at radius 1 is 1.41 bits per heavy atom. The highest BCUT2D eigenvalue weighted by molar-refractivity contribution is 7.99. The predicted octanol–water partition coefficient (Wildman–Crippen LogP) is 3.06. The normalized spacial score (nSPS) is 24.4. The number of hydrogen-bond donors (Lipinski definition) is 1. The summed E-state index contributed by atoms with van der Waals surface area (Å²) in [5.74, 6) is 2.19. The van der Waals surface area contributed by atoms with Crippen LogP contribution in [0.1, 0.15) is 43.2 Å². The summed E-state index contributed by atoms with van der Waals surface area (Å²) < 4.78 is 5.18. The van der Waals surface area contributed by atoms with Gasteiger partial charge in [0.2, 0.25) is 0 Å². The first kappa shape index (κ1) is 13.0. The lowest BCUT2D eigenvalue weighted by atomic mass is 10.2. The van der Waals surface area contributed by atoms with E-state index in [4.69, 9.17) is 4.52 Å². The zero-order chi connectivity index (χ0) is 12.3. The first-order valence-electron chi connectivity index (χ1n) is 6.47. The molecular formula is C13H22N2OS. The minimum atomic E-state index is 0.674. The van der Waals surface area contributed by atoms with Crippen LogP contribution in [0.25, 0.3) is 0 Å². The van der Waals surface area contributed by atoms with Gasteiger partial charge in [-0.1, -0.05) is 12.1 Å². The van der Waals surface area contributed by atoms with E-state index in [2.05, 4.69) is 29.2 Å². The number of hydrogen-bond acceptors (Lipinski definition) is 4. The van der Waals surface area contributed by atoms with E-state index >= 15 is 0 Å². The van der Waals surface area contributed by atoms with Crippen molar-refractivity contribution in [2.75, 3.05) is 5.75 Å². The molecule has 17 heavy (non-hydrogen) atoms. The van der Waals surface area contributed by atoms with E-state index in [0.717, 1.165) is 23.2 Å². The van der Waals surface area contributed by atoms with Crippen molar-refractivity contribution in [3.8, 4) is 0 Å². The van der Waals surface area contributed by atoms with Crippen LogP contribution in [0.4, 0.5) is 0 Å². The molecule has 96 valence electrons. The van der Waals surface area contributed by atoms with Gasteiger partial charge in [0.15, 0.2) is 0 Å². The Balaban J connectivity index is 1.80. The fraction of sp³-hybridized carbons (Fsp3) is 0.769. The summed E-state index contributed by atoms with van der Waals surface area (Å²) in [5.41, 5.74) is 2.25. The molecule has 0 aromatic carbocycles. The van der Waals surface area contributed by atoms with Gasteiger partial charge >= 0.3 is 0 Å². The third kappa shape index (κ3) is 3.26. The van der Waals surface area contributed by atoms with Gasteiger partial charge < -0.3 is 9.84 Å². The molecule has 0 unspecified atom stereocenters. The van der Waals surface area contributed by atoms with Crippen LogP contribution in [0, 0.1) is 13.8 Å². The molecular weight excluding hydrogens is 232 g/mol. The number of rotatable bonds is 5. The van der Waals surface area contributed by atoms with Crippen molar-refractivity contribution in [2.24, 2.45) is 0 Å². The molecule has 1 fully saturated rings. The monoisotopic (exact) mass is 254 g/mol. The minimum absolute atomic E-state index is 0.674. The third-order valence-corrected chi connectivity index (χ3v) is 4.77. The van der Waals surface area contributed by atoms with Crippen molar-refractivity contribution in [3.05, 3.63) is 17.0 Å². The Morgan fingerprint density at radius 2 is 2.24 bits per heavy atom. The molecule has 2 atom stereocenters. The summed E-state index contributed by atoms with van der Waals surface area (Å²) in [6, 6.07) is 0.674. The van der Waals surface area contributed by atoms with Gasteiger partial charge in [-0.15, -0.1) is 0 Å². The molecule has 1 aliphatic carbocycles. The molecule has 1 aliphatic rings. The second kappa shape index (κ2) is 5.91. The van der Waals surface area contributed by atoms with Crippen molar-refractivity contribution in [1.82, 2.24) is 10.5 Å². The van der Waals surface area contributed by atoms with Gasteiger partial charge in [0.05, 0.1) is 5.69 Å². The van der Waals surface area contributed by atoms with Crippen LogP contribution in [0.15, 0.2) is 4.52 Å². The van der Waals surface area contributed by atoms with Gasteiger partial charge in [0.25, 0.3) is 0 Å². The topological polar surface area (TPSA) is 38.1 Å². The highest BCUT2D eigenvalue weighted by Crippen LogP contribution is 2.30. The molecule has 1 aromatic heterocycles. The van der Waals surface area contributed by atoms with Crippen LogP contribution >= 0.6 is 11.8 Å². The van der Waals surface area contributed by atoms with E-state index < -0.39 is 0 Å². The van der Waals surface area contributed by atoms with Crippen LogP contribution in [-0.4, -0.2) is 22.2 Å². The van der Waals surface area contributed by atoms with E-state index in [1.165, 1.54) is 30.6 Å². The average molecular weight is 254 g/mol. The van der Waals surface area contributed by atoms with Gasteiger partial charge in [-0.2, -0.15) is 11.8 Å². The Labute approximate surface area is 108 Å². The fourth-order valence-electron chi connectivity index (χ4n) is 2.51. The summed E-state index contributed by atoms with van der Waals surface area (Å²) in [6.45, 7) is 7.14. The third-order valence-electron chi connectivity index (χ3n) is 3.54. The SMILES string of the molecule is CCS[C@H]1CC[C@@H](NCc2c(C)noc2C)C1. The molecule has 1 aromatic rings. The molecule has 1 heterocycles. The molecule has 0 bridgehead atoms. The first-order valence-corrected chi connectivity index (χ1v) is 7.52. The molecule has 3 nitrogen and oxygen atoms in total. The predicted molar refractivity (Wildman–Crippen MR) is 72.4 cm³/mol. The maximum Gasteiger partial charge on any atom is 0.138 e. The number of aromatic nitrogens is 1. The maximum absolute atomic E-state index is 5.18. The van der Waals surface area contributed by atoms with Gasteiger partial charge in [-0.05, 0) is 38.9 Å². The Hall–Kier alpha value is -0.480. The Bertz CT molecular complexity index is 345. The van der Waals surface area contributed by atoms with Crippen molar-refractivity contribution in [2.45, 2.75) is 57.9 Å². The zero-order valence-electron chi connectivity index (χ0n) is 11.0. The van der Waals surface area contributed by atoms with E-state index in [9.17, 15) is 0 Å². The van der Waals surface area contributed by atoms with Gasteiger partial charge in [0.1, 0.15) is 5.76 Å². The smallest absolute Gasteiger partial charge is 0.138 e. The highest BCUT2D eigenvalue weighted by atomic mass is 32.2. The fourth-order valence-corrected chi connectivity index (χ4v) is 3.66. The second-order valence-electron chi connectivity index (χ2n) is 4.77. The highest BCUT2D eigenvalue weighted by Gasteiger charge is 2.24. The molecule has 0 radical (unpaired) electrons. The summed E-state index contributed by atoms with van der Waals surface area (Å²) in [4.78, 5) is 0. The van der Waals surface area contributed by atoms with Crippen LogP contribution < -0.4 is 5.32 Å². The number of nitrogens with one attached hydrogen (secondary N) is 1. The van der Waals surface area contributed by atoms with Crippen molar-refractivity contribution >= 4 is 11.8 Å². The van der Waals surface area contributed by atoms with E-state index in [0.29, 0.717) is 6.04 Å². The molecule has 1 N–H and O–H groups in total. The average Bonchev–Trinajstić information content (AvgIpc) is 2.86. The van der Waals surface area contributed by atoms with Crippen molar-refractivity contribution in [1.29, 1.82) is 0 Å². The lowest BCUT2D eigenvalue weighted by molar-refractivity contribution is 0.391. The maximum atomic E-state index is 5.18. The molecule has 0 saturated heterocycles. The van der Waals surface area contributed by atoms with Gasteiger partial charge in [-0.3, -0.25) is 0 Å². The van der Waals surface area contributed by atoms with E-state index in [1.54, 1.807) is 0 Å². The van der Waals surface area contributed by atoms with Gasteiger partial charge in [-0.25, -0.2) is 0 Å². The quantitative estimate of drug-likeness (QED) is 0.876. The molecule has 0 spiro atoms. The van der Waals surface area contributed by atoms with Crippen molar-refractivity contribution < 1.29 is 4.52 Å². The molecule has 0 aliphatic heterocycles. The number of aryl methyl sites for hydroxylation is 2. The molecule has 2 rings (SSSR count). The lowest BCUT2D eigenvalue weighted by Gasteiger charge is -2.12. The van der Waals surface area contributed by atoms with Crippen LogP contribution in [0.5, 0.6) is 0 Å². The van der Waals surface area contributed by atoms with Crippen LogP contribution in [-0.2, 0) is 6.54 Å². The molecule has 4 heteroatoms. The number of thioether (sulfide) groups is 1. The summed E-state index contributed by atoms with van der Waals surface area (Å²) in [6.07, 6.45) is 3.97. The van der Waals surface area contributed by atoms with Crippen LogP contribution in [0.2, 0.25) is 0 Å². The standard InChI is InChI=1S/C13H22N2OS/c1-4-17-12-6-5-11(7-12)14-8-13-9(2)15-16-10(13)3/h11-12,14H,4-8H2,1-3H3/t11-,12+/m1/s1. The Morgan fingerprint density at radius 3 is 2.88 bits per heavy atom. The van der Waals surface area contributed by atoms with Crippen molar-refractivity contribution in [3.63, 3.8) is 0 Å². The second-order valence-corrected chi connectivity index (χ2v) is 6.35. The summed E-state index contributed by atoms with van der Waals surface area (Å²) >= 11 is 2.10. The van der Waals surface area contributed by atoms with Crippen LogP contribution in [0.3, 0.4) is 0 Å². The van der Waals surface area contributed by atoms with Gasteiger partial charge in [0, 0.05) is 23.4 Å². The van der Waals surface area contributed by atoms with E-state index in [-0.39, 0.29) is 0 Å². The Kier molecular flexibility index (Phi) is 4.51. The minimum Gasteiger partial charge on any atom is -0.361 e. The number of nitrogens with zero attached hydrogens (tertiary/aromatic N) is 1. The lowest BCUT2D eigenvalue weighted by Crippen LogP contribution is -2.26. The molecule has 1 saturated carbocycles. The summed E-state index contributed by atoms with van der Waals surface area (Å²) in [5, 5.41) is 8.49. The zero-order valence-corrected chi connectivity index (χ0v) is 11.8. The first-order chi connectivity index (χ1) is 8.20. The molecule has 0 amide bonds. The largest absolute Gasteiger partial charge is 0.361 e.